The second-order valence-corrected chi connectivity index (χ2v) is 15.6. The van der Waals surface area contributed by atoms with Crippen LogP contribution in [0, 0.1) is 0 Å². The summed E-state index contributed by atoms with van der Waals surface area (Å²) < 4.78 is 49.8. The molecule has 1 saturated heterocycles. The first-order chi connectivity index (χ1) is 26.4. The standard InChI is InChI=1S/C36H57NO15S3/c1-7-9-20-53-32-33(54-21-10-8-2)35(43)37(34(32)42)11-12-44-13-14-45-15-16-46-17-18-47-19-22-55-36-31(51-27(6)41)30(50-26(5)40)29(49-25(4)39)28(52-36)23-48-24(3)38/h28-31,36H,7-23H2,1-6H3/t28-,29-,30+,31+,36-/m1/s1. The van der Waals surface area contributed by atoms with E-state index in [4.69, 9.17) is 42.6 Å². The van der Waals surface area contributed by atoms with Crippen LogP contribution >= 0.6 is 35.3 Å². The van der Waals surface area contributed by atoms with E-state index >= 15 is 0 Å². The molecule has 0 spiro atoms. The Morgan fingerprint density at radius 1 is 0.600 bits per heavy atom. The van der Waals surface area contributed by atoms with Gasteiger partial charge in [0, 0.05) is 33.4 Å². The van der Waals surface area contributed by atoms with Crippen LogP contribution < -0.4 is 0 Å². The Hall–Kier alpha value is -2.39. The molecule has 16 nitrogen and oxygen atoms in total. The summed E-state index contributed by atoms with van der Waals surface area (Å²) in [6.45, 7) is 11.2. The molecule has 0 aromatic carbocycles. The van der Waals surface area contributed by atoms with E-state index in [0.717, 1.165) is 44.1 Å². The normalized spacial score (nSPS) is 21.2. The number of rotatable bonds is 29. The summed E-state index contributed by atoms with van der Waals surface area (Å²) in [5.74, 6) is -1.10. The summed E-state index contributed by atoms with van der Waals surface area (Å²) in [6, 6.07) is 0. The molecule has 5 atom stereocenters. The Morgan fingerprint density at radius 3 is 1.53 bits per heavy atom. The SMILES string of the molecule is CCCCSC1=C(SCCCC)C(=O)N(CCOCCOCCOCCOCCS[C@H]2O[C@H](COC(C)=O)[C@@H](OC(C)=O)[C@H](OC(C)=O)[C@@H]2OC(C)=O)C1=O. The Labute approximate surface area is 336 Å². The van der Waals surface area contributed by atoms with E-state index in [1.165, 1.54) is 61.0 Å². The molecule has 2 rings (SSSR count). The van der Waals surface area contributed by atoms with Crippen LogP contribution in [-0.2, 0) is 71.4 Å². The number of imide groups is 1. The van der Waals surface area contributed by atoms with Crippen LogP contribution in [0.4, 0.5) is 0 Å². The monoisotopic (exact) mass is 839 g/mol. The summed E-state index contributed by atoms with van der Waals surface area (Å²) in [4.78, 5) is 75.8. The van der Waals surface area contributed by atoms with Crippen molar-refractivity contribution in [2.24, 2.45) is 0 Å². The number of carbonyl (C=O) groups is 6. The van der Waals surface area contributed by atoms with Crippen molar-refractivity contribution in [3.8, 4) is 0 Å². The van der Waals surface area contributed by atoms with Crippen LogP contribution in [-0.4, -0.2) is 154 Å². The fourth-order valence-electron chi connectivity index (χ4n) is 5.09. The van der Waals surface area contributed by atoms with Gasteiger partial charge in [0.2, 0.25) is 0 Å². The largest absolute Gasteiger partial charge is 0.463 e. The highest BCUT2D eigenvalue weighted by Gasteiger charge is 2.52. The summed E-state index contributed by atoms with van der Waals surface area (Å²) >= 11 is 4.18. The lowest BCUT2D eigenvalue weighted by molar-refractivity contribution is -0.237. The Balaban J connectivity index is 1.66. The number of amides is 2. The third-order valence-corrected chi connectivity index (χ3v) is 11.2. The molecule has 0 unspecified atom stereocenters. The molecular weight excluding hydrogens is 783 g/mol. The van der Waals surface area contributed by atoms with Gasteiger partial charge in [0.05, 0.1) is 69.2 Å². The van der Waals surface area contributed by atoms with Gasteiger partial charge in [-0.25, -0.2) is 0 Å². The predicted octanol–water partition coefficient (Wildman–Crippen LogP) is 3.52. The minimum absolute atomic E-state index is 0.192. The van der Waals surface area contributed by atoms with Gasteiger partial charge in [-0.3, -0.25) is 33.7 Å². The van der Waals surface area contributed by atoms with E-state index < -0.39 is 53.7 Å². The van der Waals surface area contributed by atoms with Gasteiger partial charge in [-0.05, 0) is 24.3 Å². The van der Waals surface area contributed by atoms with E-state index in [-0.39, 0.29) is 38.2 Å². The van der Waals surface area contributed by atoms with Gasteiger partial charge in [0.25, 0.3) is 11.8 Å². The van der Waals surface area contributed by atoms with Crippen LogP contribution in [0.15, 0.2) is 9.81 Å². The summed E-state index contributed by atoms with van der Waals surface area (Å²) in [5.41, 5.74) is -0.872. The zero-order valence-corrected chi connectivity index (χ0v) is 35.2. The first-order valence-electron chi connectivity index (χ1n) is 18.5. The highest BCUT2D eigenvalue weighted by molar-refractivity contribution is 8.08. The highest BCUT2D eigenvalue weighted by Crippen LogP contribution is 2.37. The number of hydrogen-bond donors (Lipinski definition) is 0. The number of ether oxygens (including phenoxy) is 9. The number of thioether (sulfide) groups is 3. The molecule has 2 aliphatic rings. The van der Waals surface area contributed by atoms with Crippen molar-refractivity contribution >= 4 is 71.0 Å². The maximum atomic E-state index is 13.0. The quantitative estimate of drug-likeness (QED) is 0.0460. The first kappa shape index (κ1) is 48.8. The summed E-state index contributed by atoms with van der Waals surface area (Å²) in [5, 5.41) is 0. The number of carbonyl (C=O) groups excluding carboxylic acids is 6. The van der Waals surface area contributed by atoms with Gasteiger partial charge < -0.3 is 42.6 Å². The van der Waals surface area contributed by atoms with Crippen molar-refractivity contribution in [1.29, 1.82) is 0 Å². The smallest absolute Gasteiger partial charge is 0.303 e. The first-order valence-corrected chi connectivity index (χ1v) is 21.5. The fourth-order valence-corrected chi connectivity index (χ4v) is 8.69. The lowest BCUT2D eigenvalue weighted by Crippen LogP contribution is -2.61. The Bertz CT molecular complexity index is 1240. The maximum absolute atomic E-state index is 13.0. The van der Waals surface area contributed by atoms with Gasteiger partial charge in [-0.1, -0.05) is 26.7 Å². The van der Waals surface area contributed by atoms with Gasteiger partial charge in [-0.2, -0.15) is 0 Å². The van der Waals surface area contributed by atoms with Crippen molar-refractivity contribution in [1.82, 2.24) is 4.90 Å². The molecule has 1 fully saturated rings. The molecule has 19 heteroatoms. The van der Waals surface area contributed by atoms with E-state index in [9.17, 15) is 28.8 Å². The van der Waals surface area contributed by atoms with E-state index in [1.54, 1.807) is 0 Å². The van der Waals surface area contributed by atoms with Crippen LogP contribution in [0.25, 0.3) is 0 Å². The molecule has 0 aromatic heterocycles. The molecule has 0 aromatic rings. The maximum Gasteiger partial charge on any atom is 0.303 e. The van der Waals surface area contributed by atoms with Gasteiger partial charge in [-0.15, -0.1) is 35.3 Å². The van der Waals surface area contributed by atoms with Gasteiger partial charge in [0.1, 0.15) is 18.1 Å². The zero-order valence-electron chi connectivity index (χ0n) is 32.7. The zero-order chi connectivity index (χ0) is 40.6. The molecule has 0 N–H and O–H groups in total. The molecule has 55 heavy (non-hydrogen) atoms. The van der Waals surface area contributed by atoms with Crippen LogP contribution in [0.2, 0.25) is 0 Å². The fraction of sp³-hybridized carbons (Fsp3) is 0.778. The predicted molar refractivity (Wildman–Crippen MR) is 206 cm³/mol. The lowest BCUT2D eigenvalue weighted by Gasteiger charge is -2.44. The third-order valence-electron chi connectivity index (χ3n) is 7.61. The molecule has 0 bridgehead atoms. The van der Waals surface area contributed by atoms with Crippen molar-refractivity contribution in [2.45, 2.75) is 97.1 Å². The number of esters is 4. The third kappa shape index (κ3) is 18.6. The molecular formula is C36H57NO15S3. The van der Waals surface area contributed by atoms with Crippen molar-refractivity contribution < 1.29 is 71.4 Å². The minimum Gasteiger partial charge on any atom is -0.463 e. The molecule has 0 radical (unpaired) electrons. The van der Waals surface area contributed by atoms with Crippen LogP contribution in [0.5, 0.6) is 0 Å². The van der Waals surface area contributed by atoms with Gasteiger partial charge >= 0.3 is 23.9 Å². The number of nitrogens with zero attached hydrogens (tertiary/aromatic N) is 1. The van der Waals surface area contributed by atoms with E-state index in [2.05, 4.69) is 13.8 Å². The lowest BCUT2D eigenvalue weighted by atomic mass is 9.99. The average molecular weight is 840 g/mol. The Kier molecular flexibility index (Phi) is 24.9. The molecule has 0 saturated carbocycles. The summed E-state index contributed by atoms with van der Waals surface area (Å²) in [7, 11) is 0. The Morgan fingerprint density at radius 2 is 1.05 bits per heavy atom. The second kappa shape index (κ2) is 28.1. The van der Waals surface area contributed by atoms with Gasteiger partial charge in [0.15, 0.2) is 18.3 Å². The van der Waals surface area contributed by atoms with Crippen molar-refractivity contribution in [2.75, 3.05) is 83.3 Å². The number of unbranched alkanes of at least 4 members (excludes halogenated alkanes) is 2. The van der Waals surface area contributed by atoms with Crippen LogP contribution in [0.3, 0.4) is 0 Å². The number of hydrogen-bond acceptors (Lipinski definition) is 18. The van der Waals surface area contributed by atoms with E-state index in [0.29, 0.717) is 55.2 Å². The van der Waals surface area contributed by atoms with E-state index in [1.807, 2.05) is 0 Å². The molecule has 0 aliphatic carbocycles. The second-order valence-electron chi connectivity index (χ2n) is 12.2. The van der Waals surface area contributed by atoms with Crippen molar-refractivity contribution in [3.05, 3.63) is 9.81 Å². The highest BCUT2D eigenvalue weighted by atomic mass is 32.2. The molecule has 2 aliphatic heterocycles. The average Bonchev–Trinajstić information content (AvgIpc) is 3.34. The molecule has 2 heterocycles. The van der Waals surface area contributed by atoms with Crippen molar-refractivity contribution in [3.63, 3.8) is 0 Å². The molecule has 2 amide bonds. The molecule has 314 valence electrons. The minimum atomic E-state index is -1.22. The summed E-state index contributed by atoms with van der Waals surface area (Å²) in [6.07, 6.45) is -0.543. The topological polar surface area (TPSA) is 189 Å². The van der Waals surface area contributed by atoms with Crippen LogP contribution in [0.1, 0.15) is 67.2 Å².